The maximum Gasteiger partial charge on any atom is 0.164 e. The second kappa shape index (κ2) is 16.3. The lowest BCUT2D eigenvalue weighted by molar-refractivity contribution is 0.794. The van der Waals surface area contributed by atoms with Gasteiger partial charge in [-0.15, -0.1) is 0 Å². The third-order valence-electron chi connectivity index (χ3n) is 14.5. The van der Waals surface area contributed by atoms with Crippen molar-refractivity contribution in [2.45, 2.75) is 44.7 Å². The van der Waals surface area contributed by atoms with Crippen LogP contribution in [0.4, 0.5) is 0 Å². The molecule has 69 heavy (non-hydrogen) atoms. The van der Waals surface area contributed by atoms with Crippen LogP contribution < -0.4 is 10.4 Å². The van der Waals surface area contributed by atoms with Crippen LogP contribution in [0.1, 0.15) is 22.3 Å². The van der Waals surface area contributed by atoms with Crippen LogP contribution in [0.2, 0.25) is 39.3 Å². The average Bonchev–Trinajstić information content (AvgIpc) is 3.85. The lowest BCUT2D eigenvalue weighted by Gasteiger charge is -2.30. The van der Waals surface area contributed by atoms with Gasteiger partial charge in [-0.3, -0.25) is 0 Å². The Hall–Kier alpha value is -7.58. The molecule has 0 saturated heterocycles. The third-order valence-corrected chi connectivity index (χ3v) is 18.7. The SMILES string of the molecule is C[Si](C)(C)c1ccc(-c2ccc(-c3nc(-c4ccc(-c5ccc([Si](C)(C)C)cc5)cc4)nc(-c4cccc(-c5ccc6c(c5)C5(c7ccccc7-c7ccccc75)c5ccccc5-6)c4)n3)cc2)cc1. The zero-order valence-electron chi connectivity index (χ0n) is 40.0. The van der Waals surface area contributed by atoms with Crippen molar-refractivity contribution in [3.63, 3.8) is 0 Å². The van der Waals surface area contributed by atoms with Gasteiger partial charge in [0.15, 0.2) is 17.5 Å². The molecule has 1 aromatic heterocycles. The van der Waals surface area contributed by atoms with Crippen LogP contribution in [0.3, 0.4) is 0 Å². The molecule has 332 valence electrons. The van der Waals surface area contributed by atoms with Gasteiger partial charge in [0.05, 0.1) is 21.6 Å². The fraction of sp³-hybridized carbons (Fsp3) is 0.109. The Bertz CT molecular complexity index is 3420. The molecule has 1 heterocycles. The minimum atomic E-state index is -1.40. The molecule has 0 saturated carbocycles. The summed E-state index contributed by atoms with van der Waals surface area (Å²) in [7, 11) is -2.79. The van der Waals surface area contributed by atoms with Crippen molar-refractivity contribution in [3.05, 3.63) is 235 Å². The maximum absolute atomic E-state index is 5.25. The molecule has 1 spiro atoms. The van der Waals surface area contributed by atoms with E-state index in [4.69, 9.17) is 15.0 Å². The van der Waals surface area contributed by atoms with Gasteiger partial charge < -0.3 is 0 Å². The summed E-state index contributed by atoms with van der Waals surface area (Å²) < 4.78 is 0. The molecule has 0 aliphatic heterocycles. The predicted octanol–water partition coefficient (Wildman–Crippen LogP) is 15.3. The fourth-order valence-corrected chi connectivity index (χ4v) is 13.2. The lowest BCUT2D eigenvalue weighted by Crippen LogP contribution is -2.37. The molecule has 0 unspecified atom stereocenters. The Balaban J connectivity index is 0.952. The van der Waals surface area contributed by atoms with Crippen LogP contribution in [0, 0.1) is 0 Å². The molecule has 0 amide bonds. The van der Waals surface area contributed by atoms with Gasteiger partial charge in [-0.05, 0) is 90.0 Å². The Labute approximate surface area is 408 Å². The van der Waals surface area contributed by atoms with Gasteiger partial charge in [-0.2, -0.15) is 0 Å². The molecule has 0 radical (unpaired) electrons. The van der Waals surface area contributed by atoms with Gasteiger partial charge >= 0.3 is 0 Å². The van der Waals surface area contributed by atoms with Crippen molar-refractivity contribution < 1.29 is 0 Å². The lowest BCUT2D eigenvalue weighted by atomic mass is 9.70. The molecular formula is C64H53N3Si2. The van der Waals surface area contributed by atoms with Gasteiger partial charge in [-0.25, -0.2) is 15.0 Å². The number of rotatable bonds is 8. The normalized spacial score (nSPS) is 13.2. The average molecular weight is 920 g/mol. The zero-order valence-corrected chi connectivity index (χ0v) is 42.0. The number of aromatic nitrogens is 3. The maximum atomic E-state index is 5.25. The highest BCUT2D eigenvalue weighted by Crippen LogP contribution is 2.63. The Morgan fingerprint density at radius 2 is 0.580 bits per heavy atom. The highest BCUT2D eigenvalue weighted by Gasteiger charge is 2.51. The van der Waals surface area contributed by atoms with E-state index < -0.39 is 21.6 Å². The second-order valence-electron chi connectivity index (χ2n) is 20.8. The van der Waals surface area contributed by atoms with Crippen molar-refractivity contribution in [2.75, 3.05) is 0 Å². The molecule has 0 bridgehead atoms. The zero-order chi connectivity index (χ0) is 47.1. The van der Waals surface area contributed by atoms with E-state index in [0.717, 1.165) is 27.8 Å². The summed E-state index contributed by atoms with van der Waals surface area (Å²) in [6.45, 7) is 14.3. The van der Waals surface area contributed by atoms with E-state index in [0.29, 0.717) is 17.5 Å². The van der Waals surface area contributed by atoms with Crippen LogP contribution in [0.15, 0.2) is 212 Å². The van der Waals surface area contributed by atoms with Gasteiger partial charge in [0.1, 0.15) is 0 Å². The minimum Gasteiger partial charge on any atom is -0.208 e. The smallest absolute Gasteiger partial charge is 0.164 e. The van der Waals surface area contributed by atoms with E-state index in [1.807, 2.05) is 0 Å². The topological polar surface area (TPSA) is 38.7 Å². The molecule has 0 N–H and O–H groups in total. The third kappa shape index (κ3) is 7.27. The quantitative estimate of drug-likeness (QED) is 0.143. The van der Waals surface area contributed by atoms with Gasteiger partial charge in [0.25, 0.3) is 0 Å². The van der Waals surface area contributed by atoms with E-state index in [1.54, 1.807) is 0 Å². The molecule has 5 heteroatoms. The Morgan fingerprint density at radius 3 is 1.00 bits per heavy atom. The predicted molar refractivity (Wildman–Crippen MR) is 295 cm³/mol. The highest BCUT2D eigenvalue weighted by atomic mass is 28.3. The van der Waals surface area contributed by atoms with Crippen LogP contribution in [-0.4, -0.2) is 31.1 Å². The summed E-state index contributed by atoms with van der Waals surface area (Å²) in [5, 5.41) is 2.92. The van der Waals surface area contributed by atoms with E-state index in [9.17, 15) is 0 Å². The highest BCUT2D eigenvalue weighted by molar-refractivity contribution is 6.89. The second-order valence-corrected chi connectivity index (χ2v) is 31.0. The van der Waals surface area contributed by atoms with Crippen LogP contribution >= 0.6 is 0 Å². The molecule has 2 aliphatic carbocycles. The van der Waals surface area contributed by atoms with Gasteiger partial charge in [0.2, 0.25) is 0 Å². The molecule has 9 aromatic carbocycles. The van der Waals surface area contributed by atoms with E-state index in [1.165, 1.54) is 77.1 Å². The fourth-order valence-electron chi connectivity index (χ4n) is 10.8. The van der Waals surface area contributed by atoms with Crippen LogP contribution in [0.5, 0.6) is 0 Å². The Morgan fingerprint density at radius 1 is 0.261 bits per heavy atom. The minimum absolute atomic E-state index is 0.412. The van der Waals surface area contributed by atoms with Crippen LogP contribution in [0.25, 0.3) is 89.8 Å². The molecular weight excluding hydrogens is 867 g/mol. The summed E-state index contributed by atoms with van der Waals surface area (Å²) in [5.74, 6) is 1.92. The summed E-state index contributed by atoms with van der Waals surface area (Å²) in [6.07, 6.45) is 0. The summed E-state index contributed by atoms with van der Waals surface area (Å²) in [5.41, 5.74) is 20.0. The van der Waals surface area contributed by atoms with E-state index in [-0.39, 0.29) is 0 Å². The molecule has 2 aliphatic rings. The Kier molecular flexibility index (Phi) is 10.1. The molecule has 0 fully saturated rings. The van der Waals surface area contributed by atoms with Crippen molar-refractivity contribution in [2.24, 2.45) is 0 Å². The van der Waals surface area contributed by atoms with Crippen molar-refractivity contribution in [1.29, 1.82) is 0 Å². The number of benzene rings is 9. The first-order valence-electron chi connectivity index (χ1n) is 24.2. The van der Waals surface area contributed by atoms with Gasteiger partial charge in [0, 0.05) is 16.7 Å². The van der Waals surface area contributed by atoms with E-state index >= 15 is 0 Å². The van der Waals surface area contributed by atoms with Crippen molar-refractivity contribution in [3.8, 4) is 89.8 Å². The summed E-state index contributed by atoms with van der Waals surface area (Å²) >= 11 is 0. The van der Waals surface area contributed by atoms with Crippen molar-refractivity contribution in [1.82, 2.24) is 15.0 Å². The summed E-state index contributed by atoms with van der Waals surface area (Å²) in [6, 6.07) is 78.3. The van der Waals surface area contributed by atoms with E-state index in [2.05, 4.69) is 252 Å². The number of hydrogen-bond acceptors (Lipinski definition) is 3. The monoisotopic (exact) mass is 919 g/mol. The molecule has 10 aromatic rings. The molecule has 3 nitrogen and oxygen atoms in total. The first kappa shape index (κ1) is 42.8. The van der Waals surface area contributed by atoms with Crippen molar-refractivity contribution >= 4 is 26.5 Å². The number of fused-ring (bicyclic) bond motifs is 10. The summed E-state index contributed by atoms with van der Waals surface area (Å²) in [4.78, 5) is 15.7. The molecule has 12 rings (SSSR count). The largest absolute Gasteiger partial charge is 0.208 e. The molecule has 0 atom stereocenters. The first-order chi connectivity index (χ1) is 33.4. The number of hydrogen-bond donors (Lipinski definition) is 0. The van der Waals surface area contributed by atoms with Gasteiger partial charge in [-0.1, -0.05) is 250 Å². The standard InChI is InChI=1S/C64H53N3Si2/c1-68(2,3)51-35-30-44(31-36-51)42-22-26-46(27-23-42)61-65-62(47-28-24-43(25-29-47)45-32-37-52(38-33-45)69(4,5)6)67-63(66-61)50-15-13-14-48(40-50)49-34-39-56-55-18-9-12-21-59(55)64(60(56)41-49)57-19-10-7-16-53(57)54-17-8-11-20-58(54)64/h7-41H,1-6H3. The number of nitrogens with zero attached hydrogens (tertiary/aromatic N) is 3. The first-order valence-corrected chi connectivity index (χ1v) is 31.2. The van der Waals surface area contributed by atoms with Crippen LogP contribution in [-0.2, 0) is 5.41 Å².